The van der Waals surface area contributed by atoms with Gasteiger partial charge < -0.3 is 5.11 Å². The third kappa shape index (κ3) is 2.41. The molecule has 3 nitrogen and oxygen atoms in total. The zero-order chi connectivity index (χ0) is 13.1. The van der Waals surface area contributed by atoms with E-state index in [0.29, 0.717) is 23.0 Å². The number of hydrogen-bond donors (Lipinski definition) is 1. The van der Waals surface area contributed by atoms with Crippen molar-refractivity contribution in [3.8, 4) is 5.75 Å². The van der Waals surface area contributed by atoms with Gasteiger partial charge in [0, 0.05) is 16.7 Å². The van der Waals surface area contributed by atoms with Crippen molar-refractivity contribution in [1.82, 2.24) is 0 Å². The van der Waals surface area contributed by atoms with Crippen LogP contribution in [-0.4, -0.2) is 17.2 Å². The van der Waals surface area contributed by atoms with E-state index in [4.69, 9.17) is 11.6 Å². The average molecular weight is 261 g/mol. The fourth-order valence-corrected chi connectivity index (χ4v) is 1.75. The Bertz CT molecular complexity index is 620. The van der Waals surface area contributed by atoms with Crippen LogP contribution >= 0.6 is 11.6 Å². The van der Waals surface area contributed by atoms with Crippen LogP contribution in [-0.2, 0) is 0 Å². The lowest BCUT2D eigenvalue weighted by Crippen LogP contribution is -2.01. The van der Waals surface area contributed by atoms with Gasteiger partial charge in [-0.2, -0.15) is 0 Å². The minimum absolute atomic E-state index is 0.0742. The Labute approximate surface area is 109 Å². The summed E-state index contributed by atoms with van der Waals surface area (Å²) in [6.45, 7) is 0. The van der Waals surface area contributed by atoms with Gasteiger partial charge in [-0.05, 0) is 24.3 Å². The van der Waals surface area contributed by atoms with Gasteiger partial charge in [0.1, 0.15) is 12.0 Å². The van der Waals surface area contributed by atoms with E-state index in [1.807, 2.05) is 0 Å². The number of hydrogen-bond acceptors (Lipinski definition) is 3. The number of aromatic hydroxyl groups is 1. The van der Waals surface area contributed by atoms with Crippen LogP contribution in [0.2, 0.25) is 5.02 Å². The molecule has 4 heteroatoms. The smallest absolute Gasteiger partial charge is 0.193 e. The molecule has 0 unspecified atom stereocenters. The first-order valence-corrected chi connectivity index (χ1v) is 5.58. The van der Waals surface area contributed by atoms with Crippen LogP contribution in [0.3, 0.4) is 0 Å². The summed E-state index contributed by atoms with van der Waals surface area (Å²) in [5.41, 5.74) is 1.20. The monoisotopic (exact) mass is 260 g/mol. The van der Waals surface area contributed by atoms with E-state index in [0.717, 1.165) is 0 Å². The van der Waals surface area contributed by atoms with Crippen molar-refractivity contribution < 1.29 is 14.7 Å². The summed E-state index contributed by atoms with van der Waals surface area (Å²) in [5.74, 6) is -0.324. The number of halogens is 1. The van der Waals surface area contributed by atoms with E-state index in [2.05, 4.69) is 0 Å². The van der Waals surface area contributed by atoms with Crippen molar-refractivity contribution in [3.05, 3.63) is 64.2 Å². The Kier molecular flexibility index (Phi) is 3.44. The molecule has 0 radical (unpaired) electrons. The van der Waals surface area contributed by atoms with Crippen LogP contribution in [0, 0.1) is 0 Å². The summed E-state index contributed by atoms with van der Waals surface area (Å²) in [6.07, 6.45) is 0.681. The van der Waals surface area contributed by atoms with E-state index in [1.54, 1.807) is 18.2 Å². The first kappa shape index (κ1) is 12.3. The van der Waals surface area contributed by atoms with E-state index in [1.165, 1.54) is 24.3 Å². The second kappa shape index (κ2) is 5.02. The molecule has 0 aliphatic rings. The van der Waals surface area contributed by atoms with Gasteiger partial charge in [0.15, 0.2) is 5.78 Å². The van der Waals surface area contributed by atoms with Crippen LogP contribution < -0.4 is 0 Å². The summed E-state index contributed by atoms with van der Waals surface area (Å²) in [6, 6.07) is 10.6. The number of rotatable bonds is 3. The van der Waals surface area contributed by atoms with E-state index in [-0.39, 0.29) is 16.6 Å². The SMILES string of the molecule is O=Cc1cccc(C(=O)c2ccc(O)c(Cl)c2)c1. The van der Waals surface area contributed by atoms with Crippen LogP contribution in [0.25, 0.3) is 0 Å². The summed E-state index contributed by atoms with van der Waals surface area (Å²) >= 11 is 5.75. The maximum absolute atomic E-state index is 12.1. The van der Waals surface area contributed by atoms with Gasteiger partial charge >= 0.3 is 0 Å². The Morgan fingerprint density at radius 2 is 1.83 bits per heavy atom. The molecule has 0 aliphatic carbocycles. The minimum Gasteiger partial charge on any atom is -0.506 e. The molecule has 0 spiro atoms. The predicted molar refractivity (Wildman–Crippen MR) is 68.4 cm³/mol. The molecule has 0 amide bonds. The lowest BCUT2D eigenvalue weighted by Gasteiger charge is -2.03. The highest BCUT2D eigenvalue weighted by Crippen LogP contribution is 2.24. The fraction of sp³-hybridized carbons (Fsp3) is 0. The normalized spacial score (nSPS) is 10.1. The lowest BCUT2D eigenvalue weighted by molar-refractivity contribution is 0.103. The van der Waals surface area contributed by atoms with Crippen molar-refractivity contribution in [3.63, 3.8) is 0 Å². The molecule has 0 aromatic heterocycles. The van der Waals surface area contributed by atoms with E-state index < -0.39 is 0 Å². The average Bonchev–Trinajstić information content (AvgIpc) is 2.41. The highest BCUT2D eigenvalue weighted by molar-refractivity contribution is 6.32. The molecule has 18 heavy (non-hydrogen) atoms. The van der Waals surface area contributed by atoms with Crippen LogP contribution in [0.15, 0.2) is 42.5 Å². The third-order valence-electron chi connectivity index (χ3n) is 2.49. The zero-order valence-electron chi connectivity index (χ0n) is 9.26. The number of carbonyl (C=O) groups excluding carboxylic acids is 2. The molecule has 90 valence electrons. The highest BCUT2D eigenvalue weighted by atomic mass is 35.5. The second-order valence-electron chi connectivity index (χ2n) is 3.74. The number of benzene rings is 2. The van der Waals surface area contributed by atoms with Crippen LogP contribution in [0.4, 0.5) is 0 Å². The number of phenolic OH excluding ortho intramolecular Hbond substituents is 1. The minimum atomic E-state index is -0.249. The van der Waals surface area contributed by atoms with Gasteiger partial charge in [-0.3, -0.25) is 9.59 Å². The second-order valence-corrected chi connectivity index (χ2v) is 4.15. The number of aldehydes is 1. The molecule has 0 heterocycles. The van der Waals surface area contributed by atoms with Gasteiger partial charge in [-0.15, -0.1) is 0 Å². The molecule has 0 saturated heterocycles. The Balaban J connectivity index is 2.41. The molecule has 0 aliphatic heterocycles. The summed E-state index contributed by atoms with van der Waals surface area (Å²) in [5, 5.41) is 9.41. The van der Waals surface area contributed by atoms with Gasteiger partial charge in [0.05, 0.1) is 5.02 Å². The summed E-state index contributed by atoms with van der Waals surface area (Å²) in [7, 11) is 0. The van der Waals surface area contributed by atoms with Crippen LogP contribution in [0.1, 0.15) is 26.3 Å². The van der Waals surface area contributed by atoms with Crippen molar-refractivity contribution in [2.24, 2.45) is 0 Å². The number of carbonyl (C=O) groups is 2. The van der Waals surface area contributed by atoms with Gasteiger partial charge in [-0.25, -0.2) is 0 Å². The molecule has 0 fully saturated rings. The zero-order valence-corrected chi connectivity index (χ0v) is 10.0. The molecule has 2 aromatic rings. The molecular formula is C14H9ClO3. The molecule has 0 saturated carbocycles. The standard InChI is InChI=1S/C14H9ClO3/c15-12-7-11(4-5-13(12)17)14(18)10-3-1-2-9(6-10)8-16/h1-8,17H. The first-order valence-electron chi connectivity index (χ1n) is 5.20. The van der Waals surface area contributed by atoms with Gasteiger partial charge in [-0.1, -0.05) is 29.8 Å². The maximum Gasteiger partial charge on any atom is 0.193 e. The fourth-order valence-electron chi connectivity index (χ4n) is 1.57. The first-order chi connectivity index (χ1) is 8.61. The van der Waals surface area contributed by atoms with Gasteiger partial charge in [0.2, 0.25) is 0 Å². The van der Waals surface area contributed by atoms with Crippen molar-refractivity contribution in [2.75, 3.05) is 0 Å². The van der Waals surface area contributed by atoms with Gasteiger partial charge in [0.25, 0.3) is 0 Å². The van der Waals surface area contributed by atoms with E-state index >= 15 is 0 Å². The Morgan fingerprint density at radius 1 is 1.11 bits per heavy atom. The summed E-state index contributed by atoms with van der Waals surface area (Å²) < 4.78 is 0. The van der Waals surface area contributed by atoms with Crippen LogP contribution in [0.5, 0.6) is 5.75 Å². The number of ketones is 1. The third-order valence-corrected chi connectivity index (χ3v) is 2.80. The van der Waals surface area contributed by atoms with Crippen molar-refractivity contribution in [2.45, 2.75) is 0 Å². The number of phenols is 1. The molecule has 0 atom stereocenters. The topological polar surface area (TPSA) is 54.4 Å². The molecule has 2 aromatic carbocycles. The highest BCUT2D eigenvalue weighted by Gasteiger charge is 2.11. The summed E-state index contributed by atoms with van der Waals surface area (Å²) in [4.78, 5) is 22.8. The van der Waals surface area contributed by atoms with E-state index in [9.17, 15) is 14.7 Å². The molecule has 2 rings (SSSR count). The predicted octanol–water partition coefficient (Wildman–Crippen LogP) is 3.09. The maximum atomic E-state index is 12.1. The molecular weight excluding hydrogens is 252 g/mol. The quantitative estimate of drug-likeness (QED) is 0.682. The van der Waals surface area contributed by atoms with Crippen molar-refractivity contribution >= 4 is 23.7 Å². The Morgan fingerprint density at radius 3 is 2.50 bits per heavy atom. The van der Waals surface area contributed by atoms with Crippen molar-refractivity contribution in [1.29, 1.82) is 0 Å². The Hall–Kier alpha value is -2.13. The lowest BCUT2D eigenvalue weighted by atomic mass is 10.0. The molecule has 1 N–H and O–H groups in total. The molecule has 0 bridgehead atoms. The largest absolute Gasteiger partial charge is 0.506 e.